The van der Waals surface area contributed by atoms with Crippen LogP contribution in [0.4, 0.5) is 5.69 Å². The molecule has 8 nitrogen and oxygen atoms in total. The number of nitrogens with zero attached hydrogens (tertiary/aromatic N) is 4. The van der Waals surface area contributed by atoms with E-state index in [4.69, 9.17) is 9.63 Å². The van der Waals surface area contributed by atoms with Crippen LogP contribution >= 0.6 is 0 Å². The molecule has 0 aliphatic rings. The minimum absolute atomic E-state index is 0.0393. The van der Waals surface area contributed by atoms with Gasteiger partial charge in [0.05, 0.1) is 11.9 Å². The summed E-state index contributed by atoms with van der Waals surface area (Å²) in [4.78, 5) is 24.7. The van der Waals surface area contributed by atoms with E-state index in [0.717, 1.165) is 18.8 Å². The molecule has 0 unspecified atom stereocenters. The van der Waals surface area contributed by atoms with E-state index in [-0.39, 0.29) is 23.6 Å². The summed E-state index contributed by atoms with van der Waals surface area (Å²) in [6.45, 7) is 5.60. The summed E-state index contributed by atoms with van der Waals surface area (Å²) in [5.41, 5.74) is 0.274. The van der Waals surface area contributed by atoms with Crippen LogP contribution in [0.15, 0.2) is 27.6 Å². The van der Waals surface area contributed by atoms with Gasteiger partial charge in [-0.1, -0.05) is 5.16 Å². The average Bonchev–Trinajstić information content (AvgIpc) is 2.92. The second kappa shape index (κ2) is 6.21. The summed E-state index contributed by atoms with van der Waals surface area (Å²) in [7, 11) is 0. The molecule has 0 aromatic carbocycles. The van der Waals surface area contributed by atoms with Gasteiger partial charge in [0.25, 0.3) is 5.56 Å². The molecule has 0 aliphatic heterocycles. The van der Waals surface area contributed by atoms with Crippen molar-refractivity contribution >= 4 is 11.7 Å². The summed E-state index contributed by atoms with van der Waals surface area (Å²) in [5.74, 6) is -0.917. The molecule has 0 bridgehead atoms. The van der Waals surface area contributed by atoms with Crippen molar-refractivity contribution in [2.24, 2.45) is 0 Å². The predicted octanol–water partition coefficient (Wildman–Crippen LogP) is 0.824. The monoisotopic (exact) mass is 292 g/mol. The van der Waals surface area contributed by atoms with Crippen molar-refractivity contribution < 1.29 is 14.4 Å². The Labute approximate surface area is 120 Å². The normalized spacial score (nSPS) is 10.6. The highest BCUT2D eigenvalue weighted by Gasteiger charge is 2.12. The van der Waals surface area contributed by atoms with Gasteiger partial charge in [-0.15, -0.1) is 0 Å². The third-order valence-corrected chi connectivity index (χ3v) is 3.07. The average molecular weight is 292 g/mol. The molecule has 8 heteroatoms. The highest BCUT2D eigenvalue weighted by Crippen LogP contribution is 2.09. The first-order chi connectivity index (χ1) is 10.0. The Morgan fingerprint density at radius 1 is 1.38 bits per heavy atom. The first kappa shape index (κ1) is 14.8. The van der Waals surface area contributed by atoms with Gasteiger partial charge >= 0.3 is 5.97 Å². The molecule has 0 radical (unpaired) electrons. The van der Waals surface area contributed by atoms with Crippen molar-refractivity contribution in [3.05, 3.63) is 40.1 Å². The molecule has 2 heterocycles. The van der Waals surface area contributed by atoms with E-state index in [9.17, 15) is 9.59 Å². The van der Waals surface area contributed by atoms with Crippen molar-refractivity contribution in [2.45, 2.75) is 20.4 Å². The van der Waals surface area contributed by atoms with Gasteiger partial charge in [-0.3, -0.25) is 4.79 Å². The Morgan fingerprint density at radius 3 is 2.62 bits per heavy atom. The maximum Gasteiger partial charge on any atom is 0.358 e. The van der Waals surface area contributed by atoms with Gasteiger partial charge in [-0.25, -0.2) is 9.48 Å². The van der Waals surface area contributed by atoms with Crippen LogP contribution in [0.3, 0.4) is 0 Å². The van der Waals surface area contributed by atoms with Crippen molar-refractivity contribution in [2.75, 3.05) is 18.0 Å². The molecule has 0 saturated carbocycles. The highest BCUT2D eigenvalue weighted by atomic mass is 16.5. The number of aromatic carboxylic acids is 1. The molecule has 0 saturated heterocycles. The molecule has 0 spiro atoms. The predicted molar refractivity (Wildman–Crippen MR) is 74.6 cm³/mol. The summed E-state index contributed by atoms with van der Waals surface area (Å²) in [6.07, 6.45) is 1.60. The Hall–Kier alpha value is -2.64. The maximum absolute atomic E-state index is 12.0. The van der Waals surface area contributed by atoms with Gasteiger partial charge in [-0.05, 0) is 13.8 Å². The van der Waals surface area contributed by atoms with Crippen molar-refractivity contribution in [1.29, 1.82) is 0 Å². The lowest BCUT2D eigenvalue weighted by atomic mass is 10.3. The second-order valence-electron chi connectivity index (χ2n) is 4.37. The van der Waals surface area contributed by atoms with E-state index < -0.39 is 5.97 Å². The molecule has 112 valence electrons. The molecule has 0 fully saturated rings. The van der Waals surface area contributed by atoms with E-state index >= 15 is 0 Å². The van der Waals surface area contributed by atoms with Crippen LogP contribution in [-0.4, -0.2) is 39.1 Å². The fourth-order valence-corrected chi connectivity index (χ4v) is 1.94. The van der Waals surface area contributed by atoms with Crippen LogP contribution in [-0.2, 0) is 6.54 Å². The Bertz CT molecular complexity index is 687. The molecule has 0 aliphatic carbocycles. The SMILES string of the molecule is CCN(CC)c1cnn(Cc2cc(C(=O)O)no2)c(=O)c1. The molecule has 21 heavy (non-hydrogen) atoms. The largest absolute Gasteiger partial charge is 0.476 e. The first-order valence-corrected chi connectivity index (χ1v) is 6.56. The molecule has 1 N–H and O–H groups in total. The minimum Gasteiger partial charge on any atom is -0.476 e. The summed E-state index contributed by atoms with van der Waals surface area (Å²) in [6, 6.07) is 2.77. The first-order valence-electron chi connectivity index (χ1n) is 6.56. The van der Waals surface area contributed by atoms with Crippen LogP contribution in [0.1, 0.15) is 30.1 Å². The standard InChI is InChI=1S/C13H16N4O4/c1-3-16(4-2)9-5-12(18)17(14-7-9)8-10-6-11(13(19)20)15-21-10/h5-7H,3-4,8H2,1-2H3,(H,19,20). The summed E-state index contributed by atoms with van der Waals surface area (Å²) in [5, 5.41) is 16.2. The van der Waals surface area contributed by atoms with Crippen LogP contribution < -0.4 is 10.5 Å². The lowest BCUT2D eigenvalue weighted by Crippen LogP contribution is -2.28. The molecular weight excluding hydrogens is 276 g/mol. The fraction of sp³-hybridized carbons (Fsp3) is 0.385. The van der Waals surface area contributed by atoms with E-state index in [2.05, 4.69) is 10.3 Å². The van der Waals surface area contributed by atoms with Crippen LogP contribution in [0.2, 0.25) is 0 Å². The third kappa shape index (κ3) is 3.28. The van der Waals surface area contributed by atoms with Crippen LogP contribution in [0.5, 0.6) is 0 Å². The number of hydrogen-bond donors (Lipinski definition) is 1. The number of aromatic nitrogens is 3. The van der Waals surface area contributed by atoms with E-state index in [1.54, 1.807) is 6.20 Å². The number of rotatable bonds is 6. The minimum atomic E-state index is -1.18. The van der Waals surface area contributed by atoms with E-state index in [0.29, 0.717) is 0 Å². The molecule has 2 aromatic rings. The zero-order valence-corrected chi connectivity index (χ0v) is 11.8. The summed E-state index contributed by atoms with van der Waals surface area (Å²) < 4.78 is 6.06. The lowest BCUT2D eigenvalue weighted by molar-refractivity contribution is 0.0685. The lowest BCUT2D eigenvalue weighted by Gasteiger charge is -2.20. The third-order valence-electron chi connectivity index (χ3n) is 3.07. The summed E-state index contributed by atoms with van der Waals surface area (Å²) >= 11 is 0. The number of carboxylic acids is 1. The molecular formula is C13H16N4O4. The Morgan fingerprint density at radius 2 is 2.10 bits per heavy atom. The fourth-order valence-electron chi connectivity index (χ4n) is 1.94. The zero-order chi connectivity index (χ0) is 15.4. The Balaban J connectivity index is 2.21. The van der Waals surface area contributed by atoms with Gasteiger partial charge in [0.2, 0.25) is 0 Å². The van der Waals surface area contributed by atoms with Crippen molar-refractivity contribution in [1.82, 2.24) is 14.9 Å². The second-order valence-corrected chi connectivity index (χ2v) is 4.37. The van der Waals surface area contributed by atoms with Crippen molar-refractivity contribution in [3.8, 4) is 0 Å². The quantitative estimate of drug-likeness (QED) is 0.841. The van der Waals surface area contributed by atoms with E-state index in [1.165, 1.54) is 16.8 Å². The molecule has 0 atom stereocenters. The van der Waals surface area contributed by atoms with Crippen molar-refractivity contribution in [3.63, 3.8) is 0 Å². The highest BCUT2D eigenvalue weighted by molar-refractivity contribution is 5.85. The van der Waals surface area contributed by atoms with Gasteiger partial charge in [-0.2, -0.15) is 5.10 Å². The smallest absolute Gasteiger partial charge is 0.358 e. The van der Waals surface area contributed by atoms with Gasteiger partial charge in [0.1, 0.15) is 6.54 Å². The molecule has 0 amide bonds. The van der Waals surface area contributed by atoms with Crippen LogP contribution in [0.25, 0.3) is 0 Å². The number of carbonyl (C=O) groups is 1. The topological polar surface area (TPSA) is 101 Å². The van der Waals surface area contributed by atoms with E-state index in [1.807, 2.05) is 18.7 Å². The number of carboxylic acid groups (broad SMARTS) is 1. The molecule has 2 rings (SSSR count). The van der Waals surface area contributed by atoms with Gasteiger partial charge in [0.15, 0.2) is 11.5 Å². The maximum atomic E-state index is 12.0. The van der Waals surface area contributed by atoms with Crippen LogP contribution in [0, 0.1) is 0 Å². The zero-order valence-electron chi connectivity index (χ0n) is 11.8. The number of hydrogen-bond acceptors (Lipinski definition) is 6. The van der Waals surface area contributed by atoms with Gasteiger partial charge in [0, 0.05) is 25.2 Å². The number of anilines is 1. The van der Waals surface area contributed by atoms with Gasteiger partial charge < -0.3 is 14.5 Å². The Kier molecular flexibility index (Phi) is 4.36. The molecule has 2 aromatic heterocycles.